The van der Waals surface area contributed by atoms with Crippen molar-refractivity contribution in [2.75, 3.05) is 0 Å². The molecule has 0 radical (unpaired) electrons. The molecule has 0 fully saturated rings. The molecule has 4 heteroatoms. The molecule has 3 rings (SSSR count). The zero-order valence-corrected chi connectivity index (χ0v) is 14.2. The van der Waals surface area contributed by atoms with Crippen LogP contribution in [-0.2, 0) is 17.8 Å². The molecule has 3 aromatic carbocycles. The maximum absolute atomic E-state index is 10.8. The zero-order valence-electron chi connectivity index (χ0n) is 13.5. The van der Waals surface area contributed by atoms with Crippen LogP contribution in [0.1, 0.15) is 11.1 Å². The number of hydrogen-bond donors (Lipinski definition) is 1. The number of aliphatic carboxylic acids is 1. The van der Waals surface area contributed by atoms with E-state index < -0.39 is 5.97 Å². The van der Waals surface area contributed by atoms with Crippen LogP contribution in [0.4, 0.5) is 0 Å². The van der Waals surface area contributed by atoms with Crippen molar-refractivity contribution in [3.63, 3.8) is 0 Å². The van der Waals surface area contributed by atoms with Crippen LogP contribution in [0.2, 0.25) is 5.02 Å². The smallest absolute Gasteiger partial charge is 0.307 e. The highest BCUT2D eigenvalue weighted by atomic mass is 35.5. The van der Waals surface area contributed by atoms with Gasteiger partial charge in [-0.3, -0.25) is 4.79 Å². The number of carbonyl (C=O) groups is 1. The second kappa shape index (κ2) is 7.86. The first-order chi connectivity index (χ1) is 12.1. The maximum atomic E-state index is 10.8. The molecule has 0 saturated carbocycles. The molecule has 0 bridgehead atoms. The minimum absolute atomic E-state index is 0.0780. The van der Waals surface area contributed by atoms with Gasteiger partial charge in [-0.05, 0) is 40.5 Å². The number of benzene rings is 3. The summed E-state index contributed by atoms with van der Waals surface area (Å²) in [6.07, 6.45) is -0.0780. The van der Waals surface area contributed by atoms with Crippen LogP contribution in [0, 0.1) is 0 Å². The Labute approximate surface area is 151 Å². The van der Waals surface area contributed by atoms with Gasteiger partial charge >= 0.3 is 5.97 Å². The maximum Gasteiger partial charge on any atom is 0.307 e. The molecular weight excluding hydrogens is 336 g/mol. The van der Waals surface area contributed by atoms with Crippen molar-refractivity contribution in [1.82, 2.24) is 0 Å². The first-order valence-electron chi connectivity index (χ1n) is 7.89. The normalized spacial score (nSPS) is 10.4. The molecule has 3 aromatic rings. The Morgan fingerprint density at radius 3 is 2.24 bits per heavy atom. The van der Waals surface area contributed by atoms with Gasteiger partial charge in [-0.2, -0.15) is 0 Å². The molecule has 0 heterocycles. The standard InChI is InChI=1S/C21H17ClO3/c22-20-12-17(6-7-18(20)13-21(23)24)16-8-10-19(11-9-16)25-14-15-4-2-1-3-5-15/h1-12H,13-14H2,(H,23,24). The van der Waals surface area contributed by atoms with Crippen molar-refractivity contribution in [3.05, 3.63) is 88.9 Å². The van der Waals surface area contributed by atoms with Crippen molar-refractivity contribution in [2.24, 2.45) is 0 Å². The lowest BCUT2D eigenvalue weighted by Crippen LogP contribution is -2.00. The lowest BCUT2D eigenvalue weighted by Gasteiger charge is -2.09. The van der Waals surface area contributed by atoms with Gasteiger partial charge in [-0.15, -0.1) is 0 Å². The lowest BCUT2D eigenvalue weighted by molar-refractivity contribution is -0.136. The molecule has 25 heavy (non-hydrogen) atoms. The van der Waals surface area contributed by atoms with Crippen LogP contribution < -0.4 is 4.74 Å². The van der Waals surface area contributed by atoms with E-state index in [4.69, 9.17) is 21.4 Å². The first-order valence-corrected chi connectivity index (χ1v) is 8.27. The van der Waals surface area contributed by atoms with E-state index in [1.54, 1.807) is 12.1 Å². The van der Waals surface area contributed by atoms with E-state index in [9.17, 15) is 4.79 Å². The molecule has 126 valence electrons. The molecule has 0 saturated heterocycles. The summed E-state index contributed by atoms with van der Waals surface area (Å²) in [4.78, 5) is 10.8. The predicted molar refractivity (Wildman–Crippen MR) is 99.0 cm³/mol. The highest BCUT2D eigenvalue weighted by Gasteiger charge is 2.07. The summed E-state index contributed by atoms with van der Waals surface area (Å²) >= 11 is 6.18. The molecular formula is C21H17ClO3. The zero-order chi connectivity index (χ0) is 17.6. The second-order valence-corrected chi connectivity index (χ2v) is 6.08. The summed E-state index contributed by atoms with van der Waals surface area (Å²) in [5, 5.41) is 9.33. The topological polar surface area (TPSA) is 46.5 Å². The molecule has 0 aromatic heterocycles. The van der Waals surface area contributed by atoms with E-state index in [2.05, 4.69) is 0 Å². The molecule has 1 N–H and O–H groups in total. The Morgan fingerprint density at radius 2 is 1.60 bits per heavy atom. The average Bonchev–Trinajstić information content (AvgIpc) is 2.63. The molecule has 0 atom stereocenters. The summed E-state index contributed by atoms with van der Waals surface area (Å²) in [7, 11) is 0. The fourth-order valence-electron chi connectivity index (χ4n) is 2.52. The van der Waals surface area contributed by atoms with Crippen LogP contribution >= 0.6 is 11.6 Å². The lowest BCUT2D eigenvalue weighted by atomic mass is 10.0. The average molecular weight is 353 g/mol. The summed E-state index contributed by atoms with van der Waals surface area (Å²) in [5.41, 5.74) is 3.66. The summed E-state index contributed by atoms with van der Waals surface area (Å²) in [6.45, 7) is 0.524. The van der Waals surface area contributed by atoms with Crippen molar-refractivity contribution < 1.29 is 14.6 Å². The number of rotatable bonds is 6. The highest BCUT2D eigenvalue weighted by Crippen LogP contribution is 2.27. The Kier molecular flexibility index (Phi) is 5.36. The summed E-state index contributed by atoms with van der Waals surface area (Å²) < 4.78 is 5.78. The van der Waals surface area contributed by atoms with Crippen molar-refractivity contribution in [2.45, 2.75) is 13.0 Å². The number of hydrogen-bond acceptors (Lipinski definition) is 2. The SMILES string of the molecule is O=C(O)Cc1ccc(-c2ccc(OCc3ccccc3)cc2)cc1Cl. The number of ether oxygens (including phenoxy) is 1. The number of halogens is 1. The van der Waals surface area contributed by atoms with E-state index in [0.29, 0.717) is 17.2 Å². The second-order valence-electron chi connectivity index (χ2n) is 5.68. The van der Waals surface area contributed by atoms with Gasteiger partial charge in [0.25, 0.3) is 0 Å². The van der Waals surface area contributed by atoms with Crippen LogP contribution in [-0.4, -0.2) is 11.1 Å². The quantitative estimate of drug-likeness (QED) is 0.662. The fourth-order valence-corrected chi connectivity index (χ4v) is 2.77. The van der Waals surface area contributed by atoms with Gasteiger partial charge in [0.2, 0.25) is 0 Å². The molecule has 0 spiro atoms. The third-order valence-electron chi connectivity index (χ3n) is 3.83. The Hall–Kier alpha value is -2.78. The molecule has 0 aliphatic carbocycles. The Bertz CT molecular complexity index is 858. The van der Waals surface area contributed by atoms with Crippen molar-refractivity contribution in [3.8, 4) is 16.9 Å². The highest BCUT2D eigenvalue weighted by molar-refractivity contribution is 6.31. The van der Waals surface area contributed by atoms with Crippen molar-refractivity contribution >= 4 is 17.6 Å². The van der Waals surface area contributed by atoms with E-state index >= 15 is 0 Å². The minimum atomic E-state index is -0.894. The van der Waals surface area contributed by atoms with E-state index in [0.717, 1.165) is 22.4 Å². The third kappa shape index (κ3) is 4.61. The number of carboxylic acid groups (broad SMARTS) is 1. The largest absolute Gasteiger partial charge is 0.489 e. The fraction of sp³-hybridized carbons (Fsp3) is 0.0952. The molecule has 0 aliphatic heterocycles. The van der Waals surface area contributed by atoms with Crippen molar-refractivity contribution in [1.29, 1.82) is 0 Å². The van der Waals surface area contributed by atoms with Gasteiger partial charge in [0, 0.05) is 5.02 Å². The van der Waals surface area contributed by atoms with E-state index in [1.807, 2.05) is 60.7 Å². The van der Waals surface area contributed by atoms with Crippen LogP contribution in [0.15, 0.2) is 72.8 Å². The van der Waals surface area contributed by atoms with Gasteiger partial charge in [0.1, 0.15) is 12.4 Å². The Balaban J connectivity index is 1.69. The minimum Gasteiger partial charge on any atom is -0.489 e. The predicted octanol–water partition coefficient (Wildman–Crippen LogP) is 5.21. The van der Waals surface area contributed by atoms with Crippen LogP contribution in [0.25, 0.3) is 11.1 Å². The van der Waals surface area contributed by atoms with E-state index in [1.165, 1.54) is 0 Å². The number of carboxylic acids is 1. The summed E-state index contributed by atoms with van der Waals surface area (Å²) in [6, 6.07) is 23.2. The molecule has 3 nitrogen and oxygen atoms in total. The molecule has 0 unspecified atom stereocenters. The van der Waals surface area contributed by atoms with Gasteiger partial charge in [0.05, 0.1) is 6.42 Å². The van der Waals surface area contributed by atoms with Gasteiger partial charge in [-0.25, -0.2) is 0 Å². The van der Waals surface area contributed by atoms with E-state index in [-0.39, 0.29) is 6.42 Å². The molecule has 0 amide bonds. The van der Waals surface area contributed by atoms with Crippen LogP contribution in [0.5, 0.6) is 5.75 Å². The van der Waals surface area contributed by atoms with Gasteiger partial charge in [-0.1, -0.05) is 66.2 Å². The molecule has 0 aliphatic rings. The monoisotopic (exact) mass is 352 g/mol. The summed E-state index contributed by atoms with van der Waals surface area (Å²) in [5.74, 6) is -0.101. The Morgan fingerprint density at radius 1 is 0.920 bits per heavy atom. The van der Waals surface area contributed by atoms with Crippen LogP contribution in [0.3, 0.4) is 0 Å². The van der Waals surface area contributed by atoms with Gasteiger partial charge < -0.3 is 9.84 Å². The third-order valence-corrected chi connectivity index (χ3v) is 4.18. The first kappa shape index (κ1) is 17.1. The van der Waals surface area contributed by atoms with Gasteiger partial charge in [0.15, 0.2) is 0 Å².